The third kappa shape index (κ3) is 5.44. The van der Waals surface area contributed by atoms with Crippen LogP contribution in [0.25, 0.3) is 0 Å². The topological polar surface area (TPSA) is 155 Å². The van der Waals surface area contributed by atoms with Gasteiger partial charge in [-0.05, 0) is 36.1 Å². The Hall–Kier alpha value is -3.62. The van der Waals surface area contributed by atoms with Crippen molar-refractivity contribution >= 4 is 51.7 Å². The number of fused-ring (bicyclic) bond motifs is 1. The minimum atomic E-state index is -0.879. The van der Waals surface area contributed by atoms with E-state index in [1.165, 1.54) is 23.8 Å². The molecule has 3 aliphatic heterocycles. The number of carbonyl (C=O) groups is 3. The number of esters is 1. The van der Waals surface area contributed by atoms with Crippen molar-refractivity contribution in [2.45, 2.75) is 37.0 Å². The summed E-state index contributed by atoms with van der Waals surface area (Å²) in [5, 5.41) is 7.83. The SMILES string of the molecule is CO/N=C(/C(=O)N[C@@H]1C(=O)N2C(C(=O)OCc3ccc(OC)cc3)=C([C@@H]3CCCO3)CS[C@H]12)c1csc(N)n1. The molecule has 1 aromatic heterocycles. The van der Waals surface area contributed by atoms with Crippen molar-refractivity contribution in [1.29, 1.82) is 0 Å². The molecule has 206 valence electrons. The Morgan fingerprint density at radius 1 is 1.28 bits per heavy atom. The van der Waals surface area contributed by atoms with E-state index in [1.54, 1.807) is 36.8 Å². The quantitative estimate of drug-likeness (QED) is 0.196. The molecule has 14 heteroatoms. The number of ether oxygens (including phenoxy) is 3. The number of hydrogen-bond donors (Lipinski definition) is 2. The van der Waals surface area contributed by atoms with E-state index >= 15 is 0 Å². The second-order valence-corrected chi connectivity index (χ2v) is 10.8. The molecule has 0 unspecified atom stereocenters. The fraction of sp³-hybridized carbons (Fsp3) is 0.400. The summed E-state index contributed by atoms with van der Waals surface area (Å²) >= 11 is 2.60. The van der Waals surface area contributed by atoms with Gasteiger partial charge in [-0.1, -0.05) is 17.3 Å². The first-order chi connectivity index (χ1) is 18.9. The van der Waals surface area contributed by atoms with Gasteiger partial charge in [0.05, 0.1) is 13.2 Å². The van der Waals surface area contributed by atoms with E-state index in [2.05, 4.69) is 15.5 Å². The number of carbonyl (C=O) groups excluding carboxylic acids is 3. The average Bonchev–Trinajstić information content (AvgIpc) is 3.64. The van der Waals surface area contributed by atoms with Crippen molar-refractivity contribution in [3.63, 3.8) is 0 Å². The number of anilines is 1. The molecule has 2 amide bonds. The van der Waals surface area contributed by atoms with E-state index < -0.39 is 29.2 Å². The Balaban J connectivity index is 1.33. The van der Waals surface area contributed by atoms with E-state index in [4.69, 9.17) is 24.8 Å². The van der Waals surface area contributed by atoms with Gasteiger partial charge < -0.3 is 30.1 Å². The highest BCUT2D eigenvalue weighted by atomic mass is 32.2. The van der Waals surface area contributed by atoms with E-state index in [0.29, 0.717) is 18.1 Å². The molecule has 3 aliphatic rings. The molecule has 0 saturated carbocycles. The van der Waals surface area contributed by atoms with Crippen molar-refractivity contribution in [2.75, 3.05) is 32.3 Å². The van der Waals surface area contributed by atoms with Gasteiger partial charge in [-0.2, -0.15) is 0 Å². The molecule has 0 aliphatic carbocycles. The van der Waals surface area contributed by atoms with E-state index in [-0.39, 0.29) is 34.9 Å². The van der Waals surface area contributed by atoms with E-state index in [1.807, 2.05) is 0 Å². The number of thioether (sulfide) groups is 1. The highest BCUT2D eigenvalue weighted by Crippen LogP contribution is 2.43. The number of nitrogens with one attached hydrogen (secondary N) is 1. The number of nitrogens with zero attached hydrogens (tertiary/aromatic N) is 3. The van der Waals surface area contributed by atoms with Crippen LogP contribution < -0.4 is 15.8 Å². The third-order valence-electron chi connectivity index (χ3n) is 6.49. The zero-order valence-corrected chi connectivity index (χ0v) is 22.9. The van der Waals surface area contributed by atoms with Crippen LogP contribution in [0.5, 0.6) is 5.75 Å². The van der Waals surface area contributed by atoms with Crippen LogP contribution in [0, 0.1) is 0 Å². The van der Waals surface area contributed by atoms with Crippen LogP contribution >= 0.6 is 23.1 Å². The Kier molecular flexibility index (Phi) is 8.04. The Morgan fingerprint density at radius 2 is 2.08 bits per heavy atom. The summed E-state index contributed by atoms with van der Waals surface area (Å²) in [5.74, 6) is -0.531. The molecule has 3 N–H and O–H groups in total. The lowest BCUT2D eigenvalue weighted by atomic mass is 9.99. The summed E-state index contributed by atoms with van der Waals surface area (Å²) in [6.45, 7) is 0.616. The van der Waals surface area contributed by atoms with Crippen LogP contribution in [0.3, 0.4) is 0 Å². The summed E-state index contributed by atoms with van der Waals surface area (Å²) in [6.07, 6.45) is 1.36. The van der Waals surface area contributed by atoms with Gasteiger partial charge in [0.25, 0.3) is 11.8 Å². The zero-order valence-electron chi connectivity index (χ0n) is 21.2. The molecular formula is C25H27N5O7S2. The lowest BCUT2D eigenvalue weighted by molar-refractivity contribution is -0.153. The summed E-state index contributed by atoms with van der Waals surface area (Å²) < 4.78 is 16.7. The second kappa shape index (κ2) is 11.6. The summed E-state index contributed by atoms with van der Waals surface area (Å²) in [7, 11) is 2.88. The fourth-order valence-corrected chi connectivity index (χ4v) is 6.53. The van der Waals surface area contributed by atoms with Gasteiger partial charge in [0.2, 0.25) is 0 Å². The molecule has 0 bridgehead atoms. The molecular weight excluding hydrogens is 546 g/mol. The number of amides is 2. The number of nitrogen functional groups attached to an aromatic ring is 1. The predicted molar refractivity (Wildman–Crippen MR) is 144 cm³/mol. The molecule has 1 aromatic carbocycles. The fourth-order valence-electron chi connectivity index (χ4n) is 4.57. The van der Waals surface area contributed by atoms with Crippen molar-refractivity contribution in [2.24, 2.45) is 5.16 Å². The van der Waals surface area contributed by atoms with Gasteiger partial charge in [-0.3, -0.25) is 14.5 Å². The number of hydrogen-bond acceptors (Lipinski definition) is 12. The van der Waals surface area contributed by atoms with E-state index in [9.17, 15) is 14.4 Å². The van der Waals surface area contributed by atoms with E-state index in [0.717, 1.165) is 35.3 Å². The molecule has 2 saturated heterocycles. The number of oxime groups is 1. The first kappa shape index (κ1) is 27.0. The lowest BCUT2D eigenvalue weighted by Crippen LogP contribution is -2.71. The molecule has 0 radical (unpaired) electrons. The number of aromatic nitrogens is 1. The average molecular weight is 574 g/mol. The predicted octanol–water partition coefficient (Wildman–Crippen LogP) is 1.66. The summed E-state index contributed by atoms with van der Waals surface area (Å²) in [6, 6.07) is 6.28. The van der Waals surface area contributed by atoms with Gasteiger partial charge in [0, 0.05) is 17.7 Å². The zero-order chi connectivity index (χ0) is 27.5. The number of benzene rings is 1. The van der Waals surface area contributed by atoms with Gasteiger partial charge in [-0.15, -0.1) is 23.1 Å². The van der Waals surface area contributed by atoms with Gasteiger partial charge in [0.15, 0.2) is 10.8 Å². The highest BCUT2D eigenvalue weighted by Gasteiger charge is 2.55. The number of rotatable bonds is 9. The Bertz CT molecular complexity index is 1320. The Morgan fingerprint density at radius 3 is 2.72 bits per heavy atom. The highest BCUT2D eigenvalue weighted by molar-refractivity contribution is 8.00. The van der Waals surface area contributed by atoms with Crippen molar-refractivity contribution < 1.29 is 33.4 Å². The maximum atomic E-state index is 13.4. The monoisotopic (exact) mass is 573 g/mol. The third-order valence-corrected chi connectivity index (χ3v) is 8.46. The van der Waals surface area contributed by atoms with Crippen LogP contribution in [0.1, 0.15) is 24.1 Å². The van der Waals surface area contributed by atoms with Crippen LogP contribution in [0.15, 0.2) is 46.1 Å². The first-order valence-corrected chi connectivity index (χ1v) is 14.1. The minimum absolute atomic E-state index is 0.0265. The lowest BCUT2D eigenvalue weighted by Gasteiger charge is -2.50. The van der Waals surface area contributed by atoms with Crippen molar-refractivity contribution in [3.05, 3.63) is 52.2 Å². The molecule has 2 aromatic rings. The van der Waals surface area contributed by atoms with Crippen molar-refractivity contribution in [3.8, 4) is 5.75 Å². The maximum absolute atomic E-state index is 13.4. The summed E-state index contributed by atoms with van der Waals surface area (Å²) in [4.78, 5) is 50.1. The molecule has 0 spiro atoms. The van der Waals surface area contributed by atoms with Crippen LogP contribution in [0.2, 0.25) is 0 Å². The largest absolute Gasteiger partial charge is 0.497 e. The van der Waals surface area contributed by atoms with Crippen LogP contribution in [-0.2, 0) is 35.3 Å². The van der Waals surface area contributed by atoms with Crippen LogP contribution in [0.4, 0.5) is 5.13 Å². The van der Waals surface area contributed by atoms with Gasteiger partial charge in [-0.25, -0.2) is 9.78 Å². The van der Waals surface area contributed by atoms with Gasteiger partial charge >= 0.3 is 5.97 Å². The second-order valence-electron chi connectivity index (χ2n) is 8.85. The molecule has 12 nitrogen and oxygen atoms in total. The molecule has 4 heterocycles. The minimum Gasteiger partial charge on any atom is -0.497 e. The van der Waals surface area contributed by atoms with Gasteiger partial charge in [0.1, 0.15) is 42.3 Å². The number of β-lactam (4-membered cyclic amide) rings is 1. The van der Waals surface area contributed by atoms with Crippen molar-refractivity contribution in [1.82, 2.24) is 15.2 Å². The maximum Gasteiger partial charge on any atom is 0.355 e. The molecule has 39 heavy (non-hydrogen) atoms. The smallest absolute Gasteiger partial charge is 0.355 e. The standard InChI is InChI=1S/C25H27N5O7S2/c1-34-14-7-5-13(6-8-14)10-37-24(33)20-15(17-4-3-9-36-17)11-38-23-19(22(32)30(20)23)28-21(31)18(29-35-2)16-12-39-25(26)27-16/h5-8,12,17,19,23H,3-4,9-11H2,1-2H3,(H2,26,27)(H,28,31)/b29-18+/t17-,19+,23+/m0/s1. The number of nitrogens with two attached hydrogens (primary N) is 1. The molecule has 3 atom stereocenters. The Labute approximate surface area is 232 Å². The van der Waals surface area contributed by atoms with Crippen LogP contribution in [-0.4, -0.2) is 77.5 Å². The summed E-state index contributed by atoms with van der Waals surface area (Å²) in [5.41, 5.74) is 7.52. The first-order valence-electron chi connectivity index (χ1n) is 12.1. The molecule has 2 fully saturated rings. The normalized spacial score (nSPS) is 22.7. The molecule has 5 rings (SSSR count). The number of methoxy groups -OCH3 is 1. The number of thiazole rings is 1.